The van der Waals surface area contributed by atoms with Crippen molar-refractivity contribution in [3.05, 3.63) is 82.0 Å². The first-order valence-electron chi connectivity index (χ1n) is 9.71. The van der Waals surface area contributed by atoms with E-state index in [0.717, 1.165) is 4.47 Å². The summed E-state index contributed by atoms with van der Waals surface area (Å²) in [4.78, 5) is 25.3. The number of amides is 1. The summed E-state index contributed by atoms with van der Waals surface area (Å²) in [6.07, 6.45) is 1.66. The van der Waals surface area contributed by atoms with Gasteiger partial charge in [0.15, 0.2) is 0 Å². The molecule has 0 atom stereocenters. The number of ether oxygens (including phenoxy) is 1. The molecule has 1 aliphatic rings. The summed E-state index contributed by atoms with van der Waals surface area (Å²) < 4.78 is 11.9. The highest BCUT2D eigenvalue weighted by molar-refractivity contribution is 9.10. The van der Waals surface area contributed by atoms with Crippen LogP contribution in [-0.2, 0) is 9.53 Å². The van der Waals surface area contributed by atoms with Crippen molar-refractivity contribution in [3.63, 3.8) is 0 Å². The van der Waals surface area contributed by atoms with E-state index < -0.39 is 5.97 Å². The summed E-state index contributed by atoms with van der Waals surface area (Å²) in [5.74, 6) is 0.336. The van der Waals surface area contributed by atoms with E-state index in [1.165, 1.54) is 5.01 Å². The summed E-state index contributed by atoms with van der Waals surface area (Å²) in [6.45, 7) is 3.82. The molecule has 0 N–H and O–H groups in total. The number of anilines is 1. The molecule has 4 rings (SSSR count). The van der Waals surface area contributed by atoms with E-state index in [-0.39, 0.29) is 12.5 Å². The number of para-hydroxylation sites is 1. The third-order valence-corrected chi connectivity index (χ3v) is 5.21. The lowest BCUT2D eigenvalue weighted by atomic mass is 10.1. The van der Waals surface area contributed by atoms with Crippen molar-refractivity contribution in [2.24, 2.45) is 5.10 Å². The molecule has 0 spiro atoms. The quantitative estimate of drug-likeness (QED) is 0.348. The van der Waals surface area contributed by atoms with Gasteiger partial charge in [-0.15, -0.1) is 0 Å². The summed E-state index contributed by atoms with van der Waals surface area (Å²) in [6, 6.07) is 18.1. The van der Waals surface area contributed by atoms with Crippen LogP contribution in [0.1, 0.15) is 30.0 Å². The molecule has 2 heterocycles. The molecule has 0 saturated carbocycles. The van der Waals surface area contributed by atoms with Gasteiger partial charge in [-0.05, 0) is 62.4 Å². The van der Waals surface area contributed by atoms with Crippen LogP contribution in [-0.4, -0.2) is 24.2 Å². The van der Waals surface area contributed by atoms with Gasteiger partial charge in [-0.3, -0.25) is 4.79 Å². The summed E-state index contributed by atoms with van der Waals surface area (Å²) >= 11 is 3.39. The molecule has 1 amide bonds. The van der Waals surface area contributed by atoms with Gasteiger partial charge in [0.1, 0.15) is 11.5 Å². The maximum Gasteiger partial charge on any atom is 0.338 e. The summed E-state index contributed by atoms with van der Waals surface area (Å²) in [5.41, 5.74) is 2.76. The monoisotopic (exact) mass is 478 g/mol. The molecule has 1 aromatic heterocycles. The van der Waals surface area contributed by atoms with Crippen LogP contribution in [0.25, 0.3) is 17.4 Å². The summed E-state index contributed by atoms with van der Waals surface area (Å²) in [5, 5.41) is 5.75. The number of hydrogen-bond donors (Lipinski definition) is 0. The maximum atomic E-state index is 12.9. The van der Waals surface area contributed by atoms with Gasteiger partial charge in [0.2, 0.25) is 0 Å². The van der Waals surface area contributed by atoms with Gasteiger partial charge in [0.05, 0.1) is 29.1 Å². The Balaban J connectivity index is 1.65. The highest BCUT2D eigenvalue weighted by Gasteiger charge is 2.29. The Hall–Kier alpha value is -3.45. The Morgan fingerprint density at radius 3 is 2.68 bits per heavy atom. The molecule has 31 heavy (non-hydrogen) atoms. The molecular weight excluding hydrogens is 460 g/mol. The fraction of sp³-hybridized carbons (Fsp3) is 0.125. The van der Waals surface area contributed by atoms with E-state index in [9.17, 15) is 9.59 Å². The molecule has 0 unspecified atom stereocenters. The number of hydrogen-bond acceptors (Lipinski definition) is 5. The average Bonchev–Trinajstić information content (AvgIpc) is 3.34. The molecule has 0 radical (unpaired) electrons. The second-order valence-corrected chi connectivity index (χ2v) is 7.72. The fourth-order valence-electron chi connectivity index (χ4n) is 3.25. The Kier molecular flexibility index (Phi) is 5.86. The molecule has 0 aliphatic carbocycles. The van der Waals surface area contributed by atoms with Gasteiger partial charge < -0.3 is 9.15 Å². The Labute approximate surface area is 187 Å². The predicted octanol–water partition coefficient (Wildman–Crippen LogP) is 5.69. The van der Waals surface area contributed by atoms with Gasteiger partial charge >= 0.3 is 5.97 Å². The minimum atomic E-state index is -0.428. The van der Waals surface area contributed by atoms with Crippen LogP contribution >= 0.6 is 15.9 Å². The number of hydrazone groups is 1. The largest absolute Gasteiger partial charge is 0.462 e. The zero-order valence-electron chi connectivity index (χ0n) is 17.0. The van der Waals surface area contributed by atoms with Crippen molar-refractivity contribution < 1.29 is 18.7 Å². The number of carbonyl (C=O) groups is 2. The standard InChI is InChI=1S/C24H19BrN2O4/c1-3-30-24(29)21-13-16(25)9-11-19(21)22-12-10-18(31-22)14-20-15(2)26-27(23(20)28)17-7-5-4-6-8-17/h4-14H,3H2,1-2H3/b20-14-. The second-order valence-electron chi connectivity index (χ2n) is 6.81. The number of nitrogens with zero attached hydrogens (tertiary/aromatic N) is 2. The highest BCUT2D eigenvalue weighted by Crippen LogP contribution is 2.31. The molecule has 0 bridgehead atoms. The molecular formula is C24H19BrN2O4. The van der Waals surface area contributed by atoms with Gasteiger partial charge in [-0.1, -0.05) is 34.1 Å². The van der Waals surface area contributed by atoms with Gasteiger partial charge in [-0.25, -0.2) is 4.79 Å². The number of rotatable bonds is 5. The van der Waals surface area contributed by atoms with Crippen LogP contribution < -0.4 is 5.01 Å². The van der Waals surface area contributed by atoms with Crippen LogP contribution in [0.2, 0.25) is 0 Å². The van der Waals surface area contributed by atoms with Crippen molar-refractivity contribution in [1.29, 1.82) is 0 Å². The summed E-state index contributed by atoms with van der Waals surface area (Å²) in [7, 11) is 0. The van der Waals surface area contributed by atoms with E-state index in [1.807, 2.05) is 36.4 Å². The molecule has 6 nitrogen and oxygen atoms in total. The number of carbonyl (C=O) groups excluding carboxylic acids is 2. The first-order chi connectivity index (χ1) is 15.0. The van der Waals surface area contributed by atoms with Crippen molar-refractivity contribution in [2.45, 2.75) is 13.8 Å². The fourth-order valence-corrected chi connectivity index (χ4v) is 3.62. The number of esters is 1. The van der Waals surface area contributed by atoms with Gasteiger partial charge in [0, 0.05) is 10.0 Å². The molecule has 3 aromatic rings. The SMILES string of the molecule is CCOC(=O)c1cc(Br)ccc1-c1ccc(/C=C2\C(=O)N(c3ccccc3)N=C2C)o1. The molecule has 156 valence electrons. The lowest BCUT2D eigenvalue weighted by molar-refractivity contribution is -0.114. The van der Waals surface area contributed by atoms with Crippen LogP contribution in [0.15, 0.2) is 80.2 Å². The third-order valence-electron chi connectivity index (χ3n) is 4.72. The topological polar surface area (TPSA) is 72.1 Å². The molecule has 1 aliphatic heterocycles. The smallest absolute Gasteiger partial charge is 0.338 e. The number of furan rings is 1. The van der Waals surface area contributed by atoms with Crippen molar-refractivity contribution in [2.75, 3.05) is 11.6 Å². The lowest BCUT2D eigenvalue weighted by Gasteiger charge is -2.10. The molecule has 0 fully saturated rings. The number of halogens is 1. The van der Waals surface area contributed by atoms with Crippen molar-refractivity contribution in [3.8, 4) is 11.3 Å². The van der Waals surface area contributed by atoms with Crippen molar-refractivity contribution in [1.82, 2.24) is 0 Å². The lowest BCUT2D eigenvalue weighted by Crippen LogP contribution is -2.21. The first kappa shape index (κ1) is 20.8. The van der Waals surface area contributed by atoms with Gasteiger partial charge in [-0.2, -0.15) is 10.1 Å². The van der Waals surface area contributed by atoms with Crippen LogP contribution in [0.4, 0.5) is 5.69 Å². The molecule has 7 heteroatoms. The van der Waals surface area contributed by atoms with Crippen LogP contribution in [0.3, 0.4) is 0 Å². The Morgan fingerprint density at radius 1 is 1.16 bits per heavy atom. The van der Waals surface area contributed by atoms with E-state index in [4.69, 9.17) is 9.15 Å². The van der Waals surface area contributed by atoms with Crippen LogP contribution in [0, 0.1) is 0 Å². The normalized spacial score (nSPS) is 14.8. The zero-order chi connectivity index (χ0) is 22.0. The van der Waals surface area contributed by atoms with E-state index in [2.05, 4.69) is 21.0 Å². The van der Waals surface area contributed by atoms with Crippen molar-refractivity contribution >= 4 is 45.3 Å². The van der Waals surface area contributed by atoms with E-state index in [1.54, 1.807) is 44.2 Å². The maximum absolute atomic E-state index is 12.9. The minimum absolute atomic E-state index is 0.225. The zero-order valence-corrected chi connectivity index (χ0v) is 18.5. The van der Waals surface area contributed by atoms with E-state index >= 15 is 0 Å². The molecule has 2 aromatic carbocycles. The van der Waals surface area contributed by atoms with E-state index in [0.29, 0.717) is 39.6 Å². The molecule has 0 saturated heterocycles. The Morgan fingerprint density at radius 2 is 1.94 bits per heavy atom. The first-order valence-corrected chi connectivity index (χ1v) is 10.5. The average molecular weight is 479 g/mol. The highest BCUT2D eigenvalue weighted by atomic mass is 79.9. The number of benzene rings is 2. The third kappa shape index (κ3) is 4.22. The van der Waals surface area contributed by atoms with Crippen LogP contribution in [0.5, 0.6) is 0 Å². The minimum Gasteiger partial charge on any atom is -0.462 e. The second kappa shape index (κ2) is 8.73. The predicted molar refractivity (Wildman–Crippen MR) is 123 cm³/mol. The Bertz CT molecular complexity index is 1210. The van der Waals surface area contributed by atoms with Gasteiger partial charge in [0.25, 0.3) is 5.91 Å².